The molecule has 0 aromatic heterocycles. The molecule has 1 aromatic carbocycles. The van der Waals surface area contributed by atoms with Crippen molar-refractivity contribution < 1.29 is 27.2 Å². The summed E-state index contributed by atoms with van der Waals surface area (Å²) >= 11 is 0. The lowest BCUT2D eigenvalue weighted by Crippen LogP contribution is -2.20. The number of hydrogen-bond donors (Lipinski definition) is 0. The van der Waals surface area contributed by atoms with Crippen LogP contribution < -0.4 is 0 Å². The largest absolute Gasteiger partial charge is 0.350 e. The summed E-state index contributed by atoms with van der Waals surface area (Å²) in [5, 5.41) is -1.16. The van der Waals surface area contributed by atoms with Crippen LogP contribution in [0.5, 0.6) is 0 Å². The summed E-state index contributed by atoms with van der Waals surface area (Å²) in [5.41, 5.74) is 2.48. The van der Waals surface area contributed by atoms with Crippen molar-refractivity contribution in [2.24, 2.45) is 0 Å². The van der Waals surface area contributed by atoms with Crippen molar-refractivity contribution in [2.45, 2.75) is 72.6 Å². The van der Waals surface area contributed by atoms with E-state index >= 15 is 0 Å². The number of unbranched alkanes of at least 4 members (excludes halogenated alkanes) is 2. The van der Waals surface area contributed by atoms with E-state index in [1.54, 1.807) is 27.7 Å². The molecular formula is C23H40O6P2. The highest BCUT2D eigenvalue weighted by Crippen LogP contribution is 2.74. The van der Waals surface area contributed by atoms with E-state index in [2.05, 4.69) is 6.92 Å². The number of benzene rings is 1. The van der Waals surface area contributed by atoms with Crippen molar-refractivity contribution in [1.29, 1.82) is 0 Å². The first kappa shape index (κ1) is 28.3. The van der Waals surface area contributed by atoms with E-state index in [0.717, 1.165) is 36.8 Å². The minimum atomic E-state index is -3.90. The molecule has 0 atom stereocenters. The van der Waals surface area contributed by atoms with Crippen molar-refractivity contribution in [1.82, 2.24) is 0 Å². The fourth-order valence-electron chi connectivity index (χ4n) is 3.57. The summed E-state index contributed by atoms with van der Waals surface area (Å²) in [5.74, 6) is 0. The summed E-state index contributed by atoms with van der Waals surface area (Å²) in [6.07, 6.45) is 3.93. The number of hydrogen-bond acceptors (Lipinski definition) is 6. The van der Waals surface area contributed by atoms with Crippen LogP contribution >= 0.6 is 15.2 Å². The summed E-state index contributed by atoms with van der Waals surface area (Å²) in [6, 6.07) is 9.58. The van der Waals surface area contributed by atoms with E-state index in [1.807, 2.05) is 37.3 Å². The van der Waals surface area contributed by atoms with Crippen LogP contribution in [-0.2, 0) is 27.2 Å². The lowest BCUT2D eigenvalue weighted by molar-refractivity contribution is 0.200. The molecule has 31 heavy (non-hydrogen) atoms. The van der Waals surface area contributed by atoms with Gasteiger partial charge in [-0.25, -0.2) is 0 Å². The molecule has 0 unspecified atom stereocenters. The van der Waals surface area contributed by atoms with Crippen LogP contribution in [0.3, 0.4) is 0 Å². The third kappa shape index (κ3) is 7.96. The van der Waals surface area contributed by atoms with Crippen molar-refractivity contribution in [3.63, 3.8) is 0 Å². The van der Waals surface area contributed by atoms with Crippen LogP contribution in [0, 0.1) is 0 Å². The molecule has 0 aliphatic heterocycles. The standard InChI is InChI=1S/C23H40O6P2/c1-7-12-14-17-20(6)22(21-18-15-13-16-19-21)23(30(24,26-8-2)27-9-3)31(25,28-10-4)29-11-5/h13,15-16,18-19,23H,7-12,14,17H2,1-6H3/b22-20+. The Kier molecular flexibility index (Phi) is 13.2. The molecule has 0 saturated heterocycles. The van der Waals surface area contributed by atoms with Crippen LogP contribution in [0.4, 0.5) is 0 Å². The average molecular weight is 475 g/mol. The minimum absolute atomic E-state index is 0.156. The maximum Gasteiger partial charge on any atom is 0.350 e. The van der Waals surface area contributed by atoms with Gasteiger partial charge >= 0.3 is 15.2 Å². The number of allylic oxidation sites excluding steroid dienone is 2. The SMILES string of the molecule is CCCCC/C(C)=C(\c1ccccc1)C(P(=O)(OCC)OCC)P(=O)(OCC)OCC. The van der Waals surface area contributed by atoms with Gasteiger partial charge in [0, 0.05) is 0 Å². The zero-order chi connectivity index (χ0) is 23.3. The average Bonchev–Trinajstić information content (AvgIpc) is 2.73. The van der Waals surface area contributed by atoms with E-state index < -0.39 is 20.6 Å². The Morgan fingerprint density at radius 3 is 1.61 bits per heavy atom. The molecule has 6 nitrogen and oxygen atoms in total. The first-order valence-corrected chi connectivity index (χ1v) is 14.6. The molecule has 0 aliphatic rings. The maximum atomic E-state index is 14.1. The van der Waals surface area contributed by atoms with Gasteiger partial charge in [0.2, 0.25) is 0 Å². The van der Waals surface area contributed by atoms with Gasteiger partial charge in [-0.2, -0.15) is 0 Å². The Morgan fingerprint density at radius 2 is 1.23 bits per heavy atom. The molecule has 0 saturated carbocycles. The highest BCUT2D eigenvalue weighted by Gasteiger charge is 2.53. The fraction of sp³-hybridized carbons (Fsp3) is 0.652. The zero-order valence-corrected chi connectivity index (χ0v) is 21.8. The maximum absolute atomic E-state index is 14.1. The van der Waals surface area contributed by atoms with Crippen LogP contribution in [0.25, 0.3) is 5.57 Å². The van der Waals surface area contributed by atoms with Crippen LogP contribution in [0.15, 0.2) is 35.9 Å². The molecule has 0 spiro atoms. The highest BCUT2D eigenvalue weighted by molar-refractivity contribution is 7.73. The molecule has 1 rings (SSSR count). The van der Waals surface area contributed by atoms with E-state index in [4.69, 9.17) is 18.1 Å². The van der Waals surface area contributed by atoms with Crippen LogP contribution in [-0.4, -0.2) is 31.8 Å². The Bertz CT molecular complexity index is 713. The topological polar surface area (TPSA) is 71.1 Å². The summed E-state index contributed by atoms with van der Waals surface area (Å²) in [7, 11) is -7.79. The Balaban J connectivity index is 3.85. The van der Waals surface area contributed by atoms with E-state index in [9.17, 15) is 9.13 Å². The first-order valence-electron chi connectivity index (χ1n) is 11.4. The predicted molar refractivity (Wildman–Crippen MR) is 129 cm³/mol. The van der Waals surface area contributed by atoms with Gasteiger partial charge in [0.25, 0.3) is 0 Å². The van der Waals surface area contributed by atoms with Crippen molar-refractivity contribution >= 4 is 20.8 Å². The van der Waals surface area contributed by atoms with Crippen molar-refractivity contribution in [2.75, 3.05) is 26.4 Å². The predicted octanol–water partition coefficient (Wildman–Crippen LogP) is 7.90. The lowest BCUT2D eigenvalue weighted by Gasteiger charge is -2.34. The minimum Gasteiger partial charge on any atom is -0.308 e. The lowest BCUT2D eigenvalue weighted by atomic mass is 9.98. The van der Waals surface area contributed by atoms with E-state index in [0.29, 0.717) is 5.57 Å². The van der Waals surface area contributed by atoms with Gasteiger partial charge < -0.3 is 18.1 Å². The summed E-state index contributed by atoms with van der Waals surface area (Å²) in [6.45, 7) is 11.7. The zero-order valence-electron chi connectivity index (χ0n) is 20.0. The van der Waals surface area contributed by atoms with Gasteiger partial charge in [-0.3, -0.25) is 9.13 Å². The van der Waals surface area contributed by atoms with Gasteiger partial charge in [0.1, 0.15) is 0 Å². The van der Waals surface area contributed by atoms with E-state index in [1.165, 1.54) is 0 Å². The molecule has 1 aromatic rings. The Morgan fingerprint density at radius 1 is 0.774 bits per heavy atom. The normalized spacial score (nSPS) is 13.5. The quantitative estimate of drug-likeness (QED) is 0.179. The van der Waals surface area contributed by atoms with Crippen molar-refractivity contribution in [3.8, 4) is 0 Å². The molecule has 0 radical (unpaired) electrons. The third-order valence-electron chi connectivity index (χ3n) is 4.79. The molecule has 0 bridgehead atoms. The second-order valence-electron chi connectivity index (χ2n) is 7.14. The third-order valence-corrected chi connectivity index (χ3v) is 10.7. The van der Waals surface area contributed by atoms with Crippen LogP contribution in [0.1, 0.15) is 72.8 Å². The van der Waals surface area contributed by atoms with Crippen LogP contribution in [0.2, 0.25) is 0 Å². The smallest absolute Gasteiger partial charge is 0.308 e. The molecule has 8 heteroatoms. The summed E-state index contributed by atoms with van der Waals surface area (Å²) < 4.78 is 51.2. The molecule has 178 valence electrons. The molecule has 0 amide bonds. The van der Waals surface area contributed by atoms with Gasteiger partial charge in [-0.1, -0.05) is 55.7 Å². The Hall–Kier alpha value is -0.740. The molecule has 0 N–H and O–H groups in total. The second kappa shape index (κ2) is 14.4. The fourth-order valence-corrected chi connectivity index (χ4v) is 9.29. The number of rotatable bonds is 16. The Labute approximate surface area is 188 Å². The molecular weight excluding hydrogens is 434 g/mol. The summed E-state index contributed by atoms with van der Waals surface area (Å²) in [4.78, 5) is 0. The van der Waals surface area contributed by atoms with Crippen molar-refractivity contribution in [3.05, 3.63) is 41.5 Å². The second-order valence-corrected chi connectivity index (χ2v) is 11.8. The monoisotopic (exact) mass is 474 g/mol. The molecule has 0 heterocycles. The highest BCUT2D eigenvalue weighted by atomic mass is 31.2. The van der Waals surface area contributed by atoms with Gasteiger partial charge in [-0.15, -0.1) is 0 Å². The van der Waals surface area contributed by atoms with E-state index in [-0.39, 0.29) is 26.4 Å². The molecule has 0 fully saturated rings. The first-order chi connectivity index (χ1) is 14.8. The van der Waals surface area contributed by atoms with Gasteiger partial charge in [-0.05, 0) is 58.6 Å². The molecule has 0 aliphatic carbocycles. The van der Waals surface area contributed by atoms with Gasteiger partial charge in [0.05, 0.1) is 26.4 Å². The van der Waals surface area contributed by atoms with Gasteiger partial charge in [0.15, 0.2) is 5.40 Å².